The average molecular weight is 220 g/mol. The Labute approximate surface area is 88.4 Å². The van der Waals surface area contributed by atoms with Gasteiger partial charge in [0.25, 0.3) is 0 Å². The summed E-state index contributed by atoms with van der Waals surface area (Å²) in [7, 11) is 0. The maximum absolute atomic E-state index is 9.38. The number of phenolic OH excluding ortho intramolecular Hbond substituents is 2. The van der Waals surface area contributed by atoms with Crippen LogP contribution in [0.5, 0.6) is 11.5 Å². The van der Waals surface area contributed by atoms with E-state index in [1.165, 1.54) is 6.07 Å². The van der Waals surface area contributed by atoms with Crippen LogP contribution in [0, 0.1) is 0 Å². The van der Waals surface area contributed by atoms with Crippen molar-refractivity contribution in [3.05, 3.63) is 23.8 Å². The second-order valence-electron chi connectivity index (χ2n) is 2.83. The highest BCUT2D eigenvalue weighted by Gasteiger charge is 2.12. The minimum absolute atomic E-state index is 0. The van der Waals surface area contributed by atoms with Gasteiger partial charge in [-0.25, -0.2) is 0 Å². The van der Waals surface area contributed by atoms with Gasteiger partial charge in [0, 0.05) is 18.2 Å². The Morgan fingerprint density at radius 3 is 2.50 bits per heavy atom. The molecule has 80 valence electrons. The first-order valence-electron chi connectivity index (χ1n) is 4.04. The SMILES string of the molecule is Cl.N[C@H](CCO)c1cccc(O)c1O. The smallest absolute Gasteiger partial charge is 0.162 e. The molecule has 4 nitrogen and oxygen atoms in total. The molecular weight excluding hydrogens is 206 g/mol. The molecule has 0 aliphatic heterocycles. The second-order valence-corrected chi connectivity index (χ2v) is 2.83. The number of nitrogens with two attached hydrogens (primary N) is 1. The van der Waals surface area contributed by atoms with Crippen LogP contribution in [0.1, 0.15) is 18.0 Å². The number of aliphatic hydroxyl groups excluding tert-OH is 1. The Morgan fingerprint density at radius 1 is 1.29 bits per heavy atom. The van der Waals surface area contributed by atoms with Crippen molar-refractivity contribution in [3.63, 3.8) is 0 Å². The second kappa shape index (κ2) is 5.70. The lowest BCUT2D eigenvalue weighted by molar-refractivity contribution is 0.275. The Bertz CT molecular complexity index is 293. The normalized spacial score (nSPS) is 11.9. The van der Waals surface area contributed by atoms with Crippen molar-refractivity contribution < 1.29 is 15.3 Å². The van der Waals surface area contributed by atoms with E-state index in [4.69, 9.17) is 15.9 Å². The van der Waals surface area contributed by atoms with Crippen LogP contribution >= 0.6 is 12.4 Å². The van der Waals surface area contributed by atoms with Crippen LogP contribution < -0.4 is 5.73 Å². The van der Waals surface area contributed by atoms with E-state index in [0.717, 1.165) is 0 Å². The first-order chi connectivity index (χ1) is 6.16. The highest BCUT2D eigenvalue weighted by molar-refractivity contribution is 5.85. The van der Waals surface area contributed by atoms with Crippen LogP contribution in [0.15, 0.2) is 18.2 Å². The number of rotatable bonds is 3. The van der Waals surface area contributed by atoms with E-state index in [0.29, 0.717) is 12.0 Å². The fourth-order valence-corrected chi connectivity index (χ4v) is 1.14. The lowest BCUT2D eigenvalue weighted by Gasteiger charge is -2.12. The van der Waals surface area contributed by atoms with Crippen LogP contribution in [0.25, 0.3) is 0 Å². The highest BCUT2D eigenvalue weighted by atomic mass is 35.5. The molecule has 0 aromatic heterocycles. The van der Waals surface area contributed by atoms with E-state index >= 15 is 0 Å². The molecule has 0 spiro atoms. The van der Waals surface area contributed by atoms with Crippen LogP contribution in [0.4, 0.5) is 0 Å². The van der Waals surface area contributed by atoms with Gasteiger partial charge in [0.15, 0.2) is 11.5 Å². The lowest BCUT2D eigenvalue weighted by atomic mass is 10.0. The maximum Gasteiger partial charge on any atom is 0.162 e. The van der Waals surface area contributed by atoms with Crippen molar-refractivity contribution in [2.24, 2.45) is 5.73 Å². The number of benzene rings is 1. The fourth-order valence-electron chi connectivity index (χ4n) is 1.14. The molecular formula is C9H14ClNO3. The summed E-state index contributed by atoms with van der Waals surface area (Å²) in [5.41, 5.74) is 6.10. The molecule has 0 aliphatic rings. The molecule has 1 atom stereocenters. The topological polar surface area (TPSA) is 86.7 Å². The molecule has 0 saturated carbocycles. The predicted octanol–water partition coefficient (Wildman–Crippen LogP) is 0.902. The van der Waals surface area contributed by atoms with E-state index < -0.39 is 6.04 Å². The largest absolute Gasteiger partial charge is 0.504 e. The zero-order valence-electron chi connectivity index (χ0n) is 7.55. The Kier molecular flexibility index (Phi) is 5.30. The number of aliphatic hydroxyl groups is 1. The third-order valence-electron chi connectivity index (χ3n) is 1.89. The molecule has 0 aliphatic carbocycles. The van der Waals surface area contributed by atoms with Crippen molar-refractivity contribution in [3.8, 4) is 11.5 Å². The molecule has 1 rings (SSSR count). The zero-order chi connectivity index (χ0) is 9.84. The maximum atomic E-state index is 9.38. The quantitative estimate of drug-likeness (QED) is 0.569. The third-order valence-corrected chi connectivity index (χ3v) is 1.89. The van der Waals surface area contributed by atoms with E-state index in [1.807, 2.05) is 0 Å². The molecule has 5 heteroatoms. The predicted molar refractivity (Wildman–Crippen MR) is 55.7 cm³/mol. The summed E-state index contributed by atoms with van der Waals surface area (Å²) < 4.78 is 0. The number of hydrogen-bond donors (Lipinski definition) is 4. The minimum atomic E-state index is -0.447. The molecule has 1 aromatic rings. The molecule has 0 fully saturated rings. The summed E-state index contributed by atoms with van der Waals surface area (Å²) in [6.45, 7) is -0.0454. The van der Waals surface area contributed by atoms with Crippen LogP contribution in [0.2, 0.25) is 0 Å². The summed E-state index contributed by atoms with van der Waals surface area (Å²) in [5, 5.41) is 27.2. The van der Waals surface area contributed by atoms with Crippen molar-refractivity contribution >= 4 is 12.4 Å². The van der Waals surface area contributed by atoms with Crippen molar-refractivity contribution in [1.29, 1.82) is 0 Å². The van der Waals surface area contributed by atoms with Gasteiger partial charge in [0.1, 0.15) is 0 Å². The standard InChI is InChI=1S/C9H13NO3.ClH/c10-7(4-5-11)6-2-1-3-8(12)9(6)13;/h1-3,7,11-13H,4-5,10H2;1H/t7-;/m1./s1. The highest BCUT2D eigenvalue weighted by Crippen LogP contribution is 2.32. The fraction of sp³-hybridized carbons (Fsp3) is 0.333. The van der Waals surface area contributed by atoms with Gasteiger partial charge in [0.05, 0.1) is 0 Å². The Morgan fingerprint density at radius 2 is 1.93 bits per heavy atom. The third kappa shape index (κ3) is 2.77. The number of phenols is 2. The first kappa shape index (κ1) is 13.0. The van der Waals surface area contributed by atoms with Gasteiger partial charge in [-0.3, -0.25) is 0 Å². The summed E-state index contributed by atoms with van der Waals surface area (Å²) in [5.74, 6) is -0.394. The molecule has 14 heavy (non-hydrogen) atoms. The molecule has 0 saturated heterocycles. The molecule has 0 radical (unpaired) electrons. The number of aromatic hydroxyl groups is 2. The van der Waals surface area contributed by atoms with Crippen LogP contribution in [-0.2, 0) is 0 Å². The van der Waals surface area contributed by atoms with Gasteiger partial charge in [0.2, 0.25) is 0 Å². The number of para-hydroxylation sites is 1. The summed E-state index contributed by atoms with van der Waals surface area (Å²) >= 11 is 0. The molecule has 0 amide bonds. The lowest BCUT2D eigenvalue weighted by Crippen LogP contribution is -2.11. The molecule has 0 heterocycles. The minimum Gasteiger partial charge on any atom is -0.504 e. The van der Waals surface area contributed by atoms with Crippen molar-refractivity contribution in [2.75, 3.05) is 6.61 Å². The van der Waals surface area contributed by atoms with Gasteiger partial charge >= 0.3 is 0 Å². The van der Waals surface area contributed by atoms with Crippen LogP contribution in [-0.4, -0.2) is 21.9 Å². The van der Waals surface area contributed by atoms with E-state index in [2.05, 4.69) is 0 Å². The monoisotopic (exact) mass is 219 g/mol. The van der Waals surface area contributed by atoms with Gasteiger partial charge in [-0.1, -0.05) is 12.1 Å². The molecule has 5 N–H and O–H groups in total. The van der Waals surface area contributed by atoms with E-state index in [-0.39, 0.29) is 30.5 Å². The van der Waals surface area contributed by atoms with Gasteiger partial charge in [-0.05, 0) is 12.5 Å². The molecule has 0 bridgehead atoms. The Hall–Kier alpha value is -0.970. The van der Waals surface area contributed by atoms with Crippen molar-refractivity contribution in [1.82, 2.24) is 0 Å². The number of halogens is 1. The first-order valence-corrected chi connectivity index (χ1v) is 4.04. The number of hydrogen-bond acceptors (Lipinski definition) is 4. The molecule has 0 unspecified atom stereocenters. The summed E-state index contributed by atoms with van der Waals surface area (Å²) in [6.07, 6.45) is 0.358. The summed E-state index contributed by atoms with van der Waals surface area (Å²) in [6, 6.07) is 4.15. The van der Waals surface area contributed by atoms with E-state index in [1.54, 1.807) is 12.1 Å². The summed E-state index contributed by atoms with van der Waals surface area (Å²) in [4.78, 5) is 0. The van der Waals surface area contributed by atoms with Crippen LogP contribution in [0.3, 0.4) is 0 Å². The average Bonchev–Trinajstić information content (AvgIpc) is 2.10. The van der Waals surface area contributed by atoms with Gasteiger partial charge in [-0.15, -0.1) is 12.4 Å². The molecule has 1 aromatic carbocycles. The van der Waals surface area contributed by atoms with Gasteiger partial charge < -0.3 is 21.1 Å². The van der Waals surface area contributed by atoms with Crippen molar-refractivity contribution in [2.45, 2.75) is 12.5 Å². The van der Waals surface area contributed by atoms with Gasteiger partial charge in [-0.2, -0.15) is 0 Å². The Balaban J connectivity index is 0.00000169. The van der Waals surface area contributed by atoms with E-state index in [9.17, 15) is 5.11 Å². The zero-order valence-corrected chi connectivity index (χ0v) is 8.37.